The third-order valence-corrected chi connectivity index (χ3v) is 2.15. The van der Waals surface area contributed by atoms with Crippen LogP contribution in [0.4, 0.5) is 0 Å². The first-order chi connectivity index (χ1) is 5.64. The van der Waals surface area contributed by atoms with Crippen molar-refractivity contribution >= 4 is 0 Å². The van der Waals surface area contributed by atoms with E-state index < -0.39 is 0 Å². The Bertz CT molecular complexity index is 130. The van der Waals surface area contributed by atoms with E-state index in [4.69, 9.17) is 15.2 Å². The average molecular weight is 173 g/mol. The Morgan fingerprint density at radius 3 is 2.83 bits per heavy atom. The van der Waals surface area contributed by atoms with Crippen LogP contribution in [0, 0.1) is 5.41 Å². The maximum Gasteiger partial charge on any atom is 0.0830 e. The van der Waals surface area contributed by atoms with Gasteiger partial charge < -0.3 is 15.2 Å². The highest BCUT2D eigenvalue weighted by Crippen LogP contribution is 2.16. The van der Waals surface area contributed by atoms with Gasteiger partial charge in [-0.3, -0.25) is 0 Å². The maximum atomic E-state index is 5.65. The van der Waals surface area contributed by atoms with Crippen molar-refractivity contribution in [1.82, 2.24) is 0 Å². The van der Waals surface area contributed by atoms with Gasteiger partial charge in [0.05, 0.1) is 19.3 Å². The first-order valence-corrected chi connectivity index (χ1v) is 4.53. The molecule has 0 aromatic heterocycles. The van der Waals surface area contributed by atoms with Gasteiger partial charge in [-0.1, -0.05) is 13.8 Å². The van der Waals surface area contributed by atoms with Gasteiger partial charge in [0, 0.05) is 12.0 Å². The van der Waals surface area contributed by atoms with Crippen molar-refractivity contribution in [3.63, 3.8) is 0 Å². The van der Waals surface area contributed by atoms with Gasteiger partial charge in [0.15, 0.2) is 0 Å². The highest BCUT2D eigenvalue weighted by atomic mass is 16.5. The average Bonchev–Trinajstić information content (AvgIpc) is 2.53. The molecular weight excluding hydrogens is 154 g/mol. The molecule has 1 fully saturated rings. The summed E-state index contributed by atoms with van der Waals surface area (Å²) < 4.78 is 10.9. The third kappa shape index (κ3) is 3.09. The molecule has 3 heteroatoms. The maximum absolute atomic E-state index is 5.65. The Morgan fingerprint density at radius 2 is 2.33 bits per heavy atom. The van der Waals surface area contributed by atoms with Crippen molar-refractivity contribution in [2.45, 2.75) is 26.4 Å². The molecule has 2 N–H and O–H groups in total. The Balaban J connectivity index is 2.15. The second kappa shape index (κ2) is 4.21. The van der Waals surface area contributed by atoms with Crippen LogP contribution < -0.4 is 5.73 Å². The van der Waals surface area contributed by atoms with Gasteiger partial charge in [0.2, 0.25) is 0 Å². The van der Waals surface area contributed by atoms with Crippen molar-refractivity contribution < 1.29 is 9.47 Å². The quantitative estimate of drug-likeness (QED) is 0.683. The fraction of sp³-hybridized carbons (Fsp3) is 1.00. The van der Waals surface area contributed by atoms with Crippen LogP contribution in [-0.2, 0) is 9.47 Å². The van der Waals surface area contributed by atoms with Crippen LogP contribution >= 0.6 is 0 Å². The normalized spacial score (nSPS) is 24.8. The monoisotopic (exact) mass is 173 g/mol. The highest BCUT2D eigenvalue weighted by molar-refractivity contribution is 4.71. The Labute approximate surface area is 74.2 Å². The fourth-order valence-electron chi connectivity index (χ4n) is 1.05. The van der Waals surface area contributed by atoms with Crippen molar-refractivity contribution in [1.29, 1.82) is 0 Å². The van der Waals surface area contributed by atoms with Gasteiger partial charge in [0.25, 0.3) is 0 Å². The predicted octanol–water partition coefficient (Wildman–Crippen LogP) is 0.777. The smallest absolute Gasteiger partial charge is 0.0830 e. The van der Waals surface area contributed by atoms with Crippen molar-refractivity contribution in [3.8, 4) is 0 Å². The van der Waals surface area contributed by atoms with E-state index >= 15 is 0 Å². The molecule has 1 heterocycles. The van der Waals surface area contributed by atoms with Crippen molar-refractivity contribution in [3.05, 3.63) is 0 Å². The zero-order valence-electron chi connectivity index (χ0n) is 8.01. The second-order valence-electron chi connectivity index (χ2n) is 4.16. The summed E-state index contributed by atoms with van der Waals surface area (Å²) in [6.07, 6.45) is 1.33. The minimum Gasteiger partial charge on any atom is -0.379 e. The molecule has 1 saturated heterocycles. The van der Waals surface area contributed by atoms with Crippen molar-refractivity contribution in [2.24, 2.45) is 11.1 Å². The molecule has 0 bridgehead atoms. The molecule has 0 saturated carbocycles. The van der Waals surface area contributed by atoms with Gasteiger partial charge in [0.1, 0.15) is 0 Å². The van der Waals surface area contributed by atoms with E-state index in [-0.39, 0.29) is 5.41 Å². The number of hydrogen-bond donors (Lipinski definition) is 1. The second-order valence-corrected chi connectivity index (χ2v) is 4.16. The molecule has 3 nitrogen and oxygen atoms in total. The van der Waals surface area contributed by atoms with Gasteiger partial charge in [-0.2, -0.15) is 0 Å². The van der Waals surface area contributed by atoms with E-state index in [1.165, 1.54) is 0 Å². The summed E-state index contributed by atoms with van der Waals surface area (Å²) in [5.41, 5.74) is 5.68. The number of hydrogen-bond acceptors (Lipinski definition) is 3. The van der Waals surface area contributed by atoms with Crippen molar-refractivity contribution in [2.75, 3.05) is 26.4 Å². The zero-order valence-corrected chi connectivity index (χ0v) is 8.01. The molecule has 1 aliphatic heterocycles. The standard InChI is InChI=1S/C9H19NO2/c1-9(2,6-10)7-12-8-3-4-11-5-8/h8H,3-7,10H2,1-2H3. The first-order valence-electron chi connectivity index (χ1n) is 4.53. The lowest BCUT2D eigenvalue weighted by Gasteiger charge is -2.23. The summed E-state index contributed by atoms with van der Waals surface area (Å²) in [6.45, 7) is 7.22. The number of nitrogens with two attached hydrogens (primary N) is 1. The van der Waals surface area contributed by atoms with Crippen LogP contribution in [0.5, 0.6) is 0 Å². The molecule has 1 rings (SSSR count). The third-order valence-electron chi connectivity index (χ3n) is 2.15. The van der Waals surface area contributed by atoms with Crippen LogP contribution in [0.2, 0.25) is 0 Å². The van der Waals surface area contributed by atoms with E-state index in [1.54, 1.807) is 0 Å². The molecule has 0 spiro atoms. The van der Waals surface area contributed by atoms with Gasteiger partial charge in [-0.05, 0) is 13.0 Å². The van der Waals surface area contributed by atoms with E-state index in [0.29, 0.717) is 12.6 Å². The Kier molecular flexibility index (Phi) is 3.50. The van der Waals surface area contributed by atoms with E-state index in [9.17, 15) is 0 Å². The number of ether oxygens (including phenoxy) is 2. The predicted molar refractivity (Wildman–Crippen MR) is 48.0 cm³/mol. The molecule has 1 atom stereocenters. The topological polar surface area (TPSA) is 44.5 Å². The molecule has 1 aliphatic rings. The largest absolute Gasteiger partial charge is 0.379 e. The van der Waals surface area contributed by atoms with Crippen LogP contribution in [-0.4, -0.2) is 32.5 Å². The lowest BCUT2D eigenvalue weighted by atomic mass is 9.95. The minimum absolute atomic E-state index is 0.0998. The van der Waals surface area contributed by atoms with E-state index in [1.807, 2.05) is 0 Å². The molecule has 72 valence electrons. The molecule has 12 heavy (non-hydrogen) atoms. The van der Waals surface area contributed by atoms with E-state index in [0.717, 1.165) is 26.2 Å². The highest BCUT2D eigenvalue weighted by Gasteiger charge is 2.21. The Morgan fingerprint density at radius 1 is 1.58 bits per heavy atom. The van der Waals surface area contributed by atoms with Gasteiger partial charge in [-0.15, -0.1) is 0 Å². The van der Waals surface area contributed by atoms with Gasteiger partial charge >= 0.3 is 0 Å². The Hall–Kier alpha value is -0.120. The minimum atomic E-state index is 0.0998. The summed E-state index contributed by atoms with van der Waals surface area (Å²) >= 11 is 0. The molecular formula is C9H19NO2. The molecule has 1 unspecified atom stereocenters. The molecule has 0 aromatic carbocycles. The number of rotatable bonds is 4. The summed E-state index contributed by atoms with van der Waals surface area (Å²) in [7, 11) is 0. The SMILES string of the molecule is CC(C)(CN)COC1CCOC1. The summed E-state index contributed by atoms with van der Waals surface area (Å²) in [5.74, 6) is 0. The first kappa shape index (κ1) is 9.96. The van der Waals surface area contributed by atoms with Crippen LogP contribution in [0.3, 0.4) is 0 Å². The summed E-state index contributed by atoms with van der Waals surface area (Å²) in [4.78, 5) is 0. The van der Waals surface area contributed by atoms with E-state index in [2.05, 4.69) is 13.8 Å². The van der Waals surface area contributed by atoms with Crippen LogP contribution in [0.15, 0.2) is 0 Å². The van der Waals surface area contributed by atoms with Crippen LogP contribution in [0.1, 0.15) is 20.3 Å². The summed E-state index contributed by atoms with van der Waals surface area (Å²) in [5, 5.41) is 0. The lowest BCUT2D eigenvalue weighted by Crippen LogP contribution is -2.31. The zero-order chi connectivity index (χ0) is 9.03. The fourth-order valence-corrected chi connectivity index (χ4v) is 1.05. The summed E-state index contributed by atoms with van der Waals surface area (Å²) in [6, 6.07) is 0. The molecule has 0 radical (unpaired) electrons. The molecule has 0 aromatic rings. The molecule has 0 amide bonds. The molecule has 0 aliphatic carbocycles. The van der Waals surface area contributed by atoms with Crippen LogP contribution in [0.25, 0.3) is 0 Å². The van der Waals surface area contributed by atoms with Gasteiger partial charge in [-0.25, -0.2) is 0 Å². The lowest BCUT2D eigenvalue weighted by molar-refractivity contribution is 0.00117.